The Bertz CT molecular complexity index is 1130. The molecule has 5 rings (SSSR count). The lowest BCUT2D eigenvalue weighted by atomic mass is 10.3. The van der Waals surface area contributed by atoms with Crippen molar-refractivity contribution in [3.8, 4) is 5.69 Å². The summed E-state index contributed by atoms with van der Waals surface area (Å²) >= 11 is 0. The van der Waals surface area contributed by atoms with Gasteiger partial charge in [0.05, 0.1) is 13.2 Å². The molecule has 0 radical (unpaired) electrons. The Morgan fingerprint density at radius 3 is 2.68 bits per heavy atom. The molecule has 1 aliphatic heterocycles. The van der Waals surface area contributed by atoms with E-state index in [2.05, 4.69) is 35.5 Å². The molecule has 0 bridgehead atoms. The Morgan fingerprint density at radius 2 is 1.87 bits per heavy atom. The summed E-state index contributed by atoms with van der Waals surface area (Å²) in [5.74, 6) is 1.75. The van der Waals surface area contributed by atoms with Crippen LogP contribution in [-0.4, -0.2) is 73.8 Å². The Hall–Kier alpha value is -3.63. The first kappa shape index (κ1) is 19.3. The van der Waals surface area contributed by atoms with Gasteiger partial charge in [-0.1, -0.05) is 18.2 Å². The van der Waals surface area contributed by atoms with Crippen LogP contribution < -0.4 is 10.6 Å². The highest BCUT2D eigenvalue weighted by atomic mass is 16.5. The maximum atomic E-state index is 5.43. The molecule has 31 heavy (non-hydrogen) atoms. The van der Waals surface area contributed by atoms with Gasteiger partial charge in [0.1, 0.15) is 18.5 Å². The minimum Gasteiger partial charge on any atom is -0.379 e. The number of hydrogen-bond acceptors (Lipinski definition) is 9. The number of nitrogens with one attached hydrogen (secondary N) is 2. The molecule has 10 nitrogen and oxygen atoms in total. The highest BCUT2D eigenvalue weighted by Crippen LogP contribution is 2.24. The zero-order valence-corrected chi connectivity index (χ0v) is 17.0. The fraction of sp³-hybridized carbons (Fsp3) is 0.286. The summed E-state index contributed by atoms with van der Waals surface area (Å²) < 4.78 is 7.38. The Balaban J connectivity index is 1.46. The topological polar surface area (TPSA) is 106 Å². The van der Waals surface area contributed by atoms with Crippen molar-refractivity contribution in [1.29, 1.82) is 0 Å². The third-order valence-electron chi connectivity index (χ3n) is 5.08. The van der Waals surface area contributed by atoms with E-state index in [4.69, 9.17) is 9.72 Å². The van der Waals surface area contributed by atoms with Gasteiger partial charge in [-0.3, -0.25) is 9.47 Å². The van der Waals surface area contributed by atoms with Gasteiger partial charge in [0, 0.05) is 38.1 Å². The molecule has 4 aromatic rings. The van der Waals surface area contributed by atoms with E-state index < -0.39 is 0 Å². The second-order valence-corrected chi connectivity index (χ2v) is 7.12. The molecule has 1 fully saturated rings. The predicted molar refractivity (Wildman–Crippen MR) is 118 cm³/mol. The van der Waals surface area contributed by atoms with Gasteiger partial charge in [-0.2, -0.15) is 9.97 Å². The van der Waals surface area contributed by atoms with Crippen LogP contribution in [0.2, 0.25) is 0 Å². The summed E-state index contributed by atoms with van der Waals surface area (Å²) in [5, 5.41) is 6.61. The molecule has 10 heteroatoms. The van der Waals surface area contributed by atoms with Crippen LogP contribution in [0.4, 0.5) is 17.6 Å². The molecule has 3 aromatic heterocycles. The third-order valence-corrected chi connectivity index (χ3v) is 5.08. The van der Waals surface area contributed by atoms with Crippen LogP contribution >= 0.6 is 0 Å². The van der Waals surface area contributed by atoms with Gasteiger partial charge in [-0.15, -0.1) is 0 Å². The van der Waals surface area contributed by atoms with E-state index in [1.54, 1.807) is 18.6 Å². The summed E-state index contributed by atoms with van der Waals surface area (Å²) in [6.07, 6.45) is 4.93. The van der Waals surface area contributed by atoms with E-state index in [1.165, 1.54) is 6.33 Å². The van der Waals surface area contributed by atoms with Crippen LogP contribution in [0.1, 0.15) is 0 Å². The van der Waals surface area contributed by atoms with Crippen LogP contribution in [0.15, 0.2) is 55.2 Å². The molecule has 0 saturated carbocycles. The zero-order chi connectivity index (χ0) is 20.9. The van der Waals surface area contributed by atoms with Gasteiger partial charge in [0.15, 0.2) is 17.0 Å². The summed E-state index contributed by atoms with van der Waals surface area (Å²) in [4.78, 5) is 24.5. The standard InChI is InChI=1S/C21H23N9O/c1-2-4-16(5-3-1)30-15-25-18-19(23-8-9-29-10-12-31-13-11-29)27-21(28-20(18)30)26-17-6-7-22-14-24-17/h1-7,14-15H,8-13H2,(H2,22,23,24,26,27,28). The number of morpholine rings is 1. The Labute approximate surface area is 179 Å². The first-order chi connectivity index (χ1) is 15.4. The van der Waals surface area contributed by atoms with Crippen molar-refractivity contribution >= 4 is 28.7 Å². The second kappa shape index (κ2) is 9.02. The maximum Gasteiger partial charge on any atom is 0.232 e. The number of aromatic nitrogens is 6. The first-order valence-corrected chi connectivity index (χ1v) is 10.2. The lowest BCUT2D eigenvalue weighted by Crippen LogP contribution is -2.39. The van der Waals surface area contributed by atoms with Gasteiger partial charge in [0.25, 0.3) is 0 Å². The molecular weight excluding hydrogens is 394 g/mol. The highest BCUT2D eigenvalue weighted by molar-refractivity contribution is 5.85. The predicted octanol–water partition coefficient (Wildman–Crippen LogP) is 2.09. The number of benzene rings is 1. The fourth-order valence-corrected chi connectivity index (χ4v) is 3.49. The highest BCUT2D eigenvalue weighted by Gasteiger charge is 2.16. The summed E-state index contributed by atoms with van der Waals surface area (Å²) in [6.45, 7) is 5.12. The van der Waals surface area contributed by atoms with Crippen molar-refractivity contribution in [3.63, 3.8) is 0 Å². The van der Waals surface area contributed by atoms with E-state index >= 15 is 0 Å². The third kappa shape index (κ3) is 4.44. The van der Waals surface area contributed by atoms with Crippen molar-refractivity contribution in [2.24, 2.45) is 0 Å². The maximum absolute atomic E-state index is 5.43. The molecule has 0 spiro atoms. The van der Waals surface area contributed by atoms with Crippen LogP contribution in [0.3, 0.4) is 0 Å². The lowest BCUT2D eigenvalue weighted by molar-refractivity contribution is 0.0398. The minimum atomic E-state index is 0.442. The second-order valence-electron chi connectivity index (χ2n) is 7.12. The van der Waals surface area contributed by atoms with E-state index in [-0.39, 0.29) is 0 Å². The zero-order valence-electron chi connectivity index (χ0n) is 17.0. The van der Waals surface area contributed by atoms with Crippen molar-refractivity contribution < 1.29 is 4.74 Å². The molecular formula is C21H23N9O. The number of para-hydroxylation sites is 1. The number of imidazole rings is 1. The minimum absolute atomic E-state index is 0.442. The molecule has 0 aliphatic carbocycles. The Morgan fingerprint density at radius 1 is 1.00 bits per heavy atom. The smallest absolute Gasteiger partial charge is 0.232 e. The average molecular weight is 417 g/mol. The van der Waals surface area contributed by atoms with E-state index in [0.29, 0.717) is 23.2 Å². The van der Waals surface area contributed by atoms with Crippen molar-refractivity contribution in [1.82, 2.24) is 34.4 Å². The molecule has 0 amide bonds. The van der Waals surface area contributed by atoms with Gasteiger partial charge in [0.2, 0.25) is 5.95 Å². The summed E-state index contributed by atoms with van der Waals surface area (Å²) in [5.41, 5.74) is 2.42. The summed E-state index contributed by atoms with van der Waals surface area (Å²) in [7, 11) is 0. The molecule has 1 aliphatic rings. The number of hydrogen-bond donors (Lipinski definition) is 2. The fourth-order valence-electron chi connectivity index (χ4n) is 3.49. The number of anilines is 3. The number of rotatable bonds is 7. The largest absolute Gasteiger partial charge is 0.379 e. The van der Waals surface area contributed by atoms with E-state index in [9.17, 15) is 0 Å². The monoisotopic (exact) mass is 417 g/mol. The first-order valence-electron chi connectivity index (χ1n) is 10.2. The van der Waals surface area contributed by atoms with Crippen LogP contribution in [-0.2, 0) is 4.74 Å². The van der Waals surface area contributed by atoms with Gasteiger partial charge >= 0.3 is 0 Å². The molecule has 158 valence electrons. The molecule has 4 heterocycles. The molecule has 1 aromatic carbocycles. The van der Waals surface area contributed by atoms with Crippen LogP contribution in [0.25, 0.3) is 16.9 Å². The molecule has 2 N–H and O–H groups in total. The van der Waals surface area contributed by atoms with Gasteiger partial charge in [-0.05, 0) is 18.2 Å². The summed E-state index contributed by atoms with van der Waals surface area (Å²) in [6, 6.07) is 11.8. The number of ether oxygens (including phenoxy) is 1. The molecule has 1 saturated heterocycles. The van der Waals surface area contributed by atoms with E-state index in [0.717, 1.165) is 50.6 Å². The van der Waals surface area contributed by atoms with Crippen LogP contribution in [0, 0.1) is 0 Å². The number of nitrogens with zero attached hydrogens (tertiary/aromatic N) is 7. The van der Waals surface area contributed by atoms with Gasteiger partial charge < -0.3 is 15.4 Å². The van der Waals surface area contributed by atoms with E-state index in [1.807, 2.05) is 34.9 Å². The number of fused-ring (bicyclic) bond motifs is 1. The quantitative estimate of drug-likeness (QED) is 0.467. The van der Waals surface area contributed by atoms with Crippen LogP contribution in [0.5, 0.6) is 0 Å². The average Bonchev–Trinajstić information content (AvgIpc) is 3.25. The van der Waals surface area contributed by atoms with Crippen molar-refractivity contribution in [2.75, 3.05) is 50.0 Å². The normalized spacial score (nSPS) is 14.6. The van der Waals surface area contributed by atoms with Crippen molar-refractivity contribution in [2.45, 2.75) is 0 Å². The molecule has 0 unspecified atom stereocenters. The van der Waals surface area contributed by atoms with Crippen molar-refractivity contribution in [3.05, 3.63) is 55.2 Å². The SMILES string of the molecule is c1ccc(-n2cnc3c(NCCN4CCOCC4)nc(Nc4ccncn4)nc32)cc1. The van der Waals surface area contributed by atoms with Gasteiger partial charge in [-0.25, -0.2) is 15.0 Å². The lowest BCUT2D eigenvalue weighted by Gasteiger charge is -2.26. The molecule has 0 atom stereocenters. The Kier molecular flexibility index (Phi) is 5.63.